The minimum atomic E-state index is 0.636. The second-order valence-electron chi connectivity index (χ2n) is 5.68. The van der Waals surface area contributed by atoms with Crippen LogP contribution in [0.2, 0.25) is 0 Å². The van der Waals surface area contributed by atoms with Crippen LogP contribution in [0.4, 0.5) is 5.69 Å². The summed E-state index contributed by atoms with van der Waals surface area (Å²) in [6.45, 7) is 5.02. The Morgan fingerprint density at radius 3 is 2.80 bits per heavy atom. The third-order valence-corrected chi connectivity index (χ3v) is 3.97. The van der Waals surface area contributed by atoms with Crippen LogP contribution in [0.25, 0.3) is 0 Å². The number of benzene rings is 1. The number of hydrogen-bond acceptors (Lipinski definition) is 3. The highest BCUT2D eigenvalue weighted by atomic mass is 16.5. The van der Waals surface area contributed by atoms with Gasteiger partial charge >= 0.3 is 0 Å². The summed E-state index contributed by atoms with van der Waals surface area (Å²) in [4.78, 5) is 0. The fraction of sp³-hybridized carbons (Fsp3) is 0.412. The Labute approximate surface area is 119 Å². The maximum absolute atomic E-state index is 5.90. The normalized spacial score (nSPS) is 20.8. The van der Waals surface area contributed by atoms with E-state index in [0.717, 1.165) is 28.9 Å². The van der Waals surface area contributed by atoms with Crippen LogP contribution in [0.15, 0.2) is 34.7 Å². The number of anilines is 1. The molecule has 0 saturated heterocycles. The first-order chi connectivity index (χ1) is 9.67. The van der Waals surface area contributed by atoms with E-state index in [4.69, 9.17) is 9.15 Å². The zero-order chi connectivity index (χ0) is 14.1. The summed E-state index contributed by atoms with van der Waals surface area (Å²) >= 11 is 0. The SMILES string of the molecule is COc1ccc(C)cc1NCc1ccc(C2CC2C)o1. The first-order valence-corrected chi connectivity index (χ1v) is 7.14. The molecule has 20 heavy (non-hydrogen) atoms. The van der Waals surface area contributed by atoms with E-state index >= 15 is 0 Å². The zero-order valence-corrected chi connectivity index (χ0v) is 12.3. The van der Waals surface area contributed by atoms with Crippen molar-refractivity contribution in [1.82, 2.24) is 0 Å². The highest BCUT2D eigenvalue weighted by Gasteiger charge is 2.36. The molecule has 1 heterocycles. The van der Waals surface area contributed by atoms with Crippen molar-refractivity contribution in [3.8, 4) is 5.75 Å². The van der Waals surface area contributed by atoms with Crippen LogP contribution < -0.4 is 10.1 Å². The van der Waals surface area contributed by atoms with Gasteiger partial charge in [0.05, 0.1) is 19.3 Å². The topological polar surface area (TPSA) is 34.4 Å². The molecule has 0 amide bonds. The summed E-state index contributed by atoms with van der Waals surface area (Å²) < 4.78 is 11.3. The first-order valence-electron chi connectivity index (χ1n) is 7.14. The highest BCUT2D eigenvalue weighted by molar-refractivity contribution is 5.58. The van der Waals surface area contributed by atoms with Crippen molar-refractivity contribution in [2.75, 3.05) is 12.4 Å². The Kier molecular flexibility index (Phi) is 3.43. The van der Waals surface area contributed by atoms with Gasteiger partial charge in [0.1, 0.15) is 17.3 Å². The van der Waals surface area contributed by atoms with Gasteiger partial charge in [-0.05, 0) is 49.1 Å². The van der Waals surface area contributed by atoms with Crippen molar-refractivity contribution in [3.63, 3.8) is 0 Å². The van der Waals surface area contributed by atoms with Crippen molar-refractivity contribution in [3.05, 3.63) is 47.4 Å². The molecule has 0 radical (unpaired) electrons. The molecule has 1 saturated carbocycles. The third-order valence-electron chi connectivity index (χ3n) is 3.97. The van der Waals surface area contributed by atoms with Crippen molar-refractivity contribution in [1.29, 1.82) is 0 Å². The fourth-order valence-electron chi connectivity index (χ4n) is 2.55. The molecule has 2 atom stereocenters. The molecule has 1 aromatic heterocycles. The fourth-order valence-corrected chi connectivity index (χ4v) is 2.55. The summed E-state index contributed by atoms with van der Waals surface area (Å²) in [5, 5.41) is 3.39. The van der Waals surface area contributed by atoms with Crippen LogP contribution in [0.1, 0.15) is 36.3 Å². The number of hydrogen-bond donors (Lipinski definition) is 1. The molecule has 0 spiro atoms. The molecular weight excluding hydrogens is 250 g/mol. The van der Waals surface area contributed by atoms with E-state index < -0.39 is 0 Å². The van der Waals surface area contributed by atoms with Gasteiger partial charge in [-0.2, -0.15) is 0 Å². The minimum absolute atomic E-state index is 0.636. The molecule has 1 fully saturated rings. The average Bonchev–Trinajstić information content (AvgIpc) is 3.00. The lowest BCUT2D eigenvalue weighted by Crippen LogP contribution is -2.00. The van der Waals surface area contributed by atoms with Crippen molar-refractivity contribution < 1.29 is 9.15 Å². The monoisotopic (exact) mass is 271 g/mol. The van der Waals surface area contributed by atoms with E-state index in [9.17, 15) is 0 Å². The lowest BCUT2D eigenvalue weighted by molar-refractivity contribution is 0.416. The largest absolute Gasteiger partial charge is 0.495 e. The van der Waals surface area contributed by atoms with Crippen LogP contribution >= 0.6 is 0 Å². The lowest BCUT2D eigenvalue weighted by Gasteiger charge is -2.11. The van der Waals surface area contributed by atoms with Gasteiger partial charge < -0.3 is 14.5 Å². The van der Waals surface area contributed by atoms with Crippen LogP contribution in [-0.4, -0.2) is 7.11 Å². The van der Waals surface area contributed by atoms with Gasteiger partial charge in [-0.3, -0.25) is 0 Å². The van der Waals surface area contributed by atoms with Gasteiger partial charge in [-0.1, -0.05) is 13.0 Å². The molecule has 2 unspecified atom stereocenters. The van der Waals surface area contributed by atoms with Gasteiger partial charge in [-0.15, -0.1) is 0 Å². The molecule has 1 N–H and O–H groups in total. The molecule has 0 aliphatic heterocycles. The lowest BCUT2D eigenvalue weighted by atomic mass is 10.2. The van der Waals surface area contributed by atoms with Crippen LogP contribution in [-0.2, 0) is 6.54 Å². The molecule has 1 aliphatic rings. The molecule has 1 aromatic carbocycles. The Morgan fingerprint density at radius 2 is 2.10 bits per heavy atom. The predicted octanol–water partition coefficient (Wildman–Crippen LogP) is 4.33. The number of aryl methyl sites for hydroxylation is 1. The zero-order valence-electron chi connectivity index (χ0n) is 12.3. The van der Waals surface area contributed by atoms with Crippen LogP contribution in [0, 0.1) is 12.8 Å². The number of ether oxygens (including phenoxy) is 1. The second kappa shape index (κ2) is 5.23. The summed E-state index contributed by atoms with van der Waals surface area (Å²) in [6, 6.07) is 10.3. The summed E-state index contributed by atoms with van der Waals surface area (Å²) in [5.74, 6) is 4.38. The molecule has 3 rings (SSSR count). The van der Waals surface area contributed by atoms with Crippen molar-refractivity contribution in [2.45, 2.75) is 32.7 Å². The minimum Gasteiger partial charge on any atom is -0.495 e. The number of methoxy groups -OCH3 is 1. The van der Waals surface area contributed by atoms with Gasteiger partial charge in [-0.25, -0.2) is 0 Å². The smallest absolute Gasteiger partial charge is 0.141 e. The number of furan rings is 1. The van der Waals surface area contributed by atoms with Gasteiger partial charge in [0.25, 0.3) is 0 Å². The number of nitrogens with one attached hydrogen (secondary N) is 1. The van der Waals surface area contributed by atoms with E-state index in [-0.39, 0.29) is 0 Å². The van der Waals surface area contributed by atoms with Crippen molar-refractivity contribution in [2.24, 2.45) is 5.92 Å². The van der Waals surface area contributed by atoms with Gasteiger partial charge in [0.15, 0.2) is 0 Å². The maximum Gasteiger partial charge on any atom is 0.141 e. The number of rotatable bonds is 5. The van der Waals surface area contributed by atoms with Crippen molar-refractivity contribution >= 4 is 5.69 Å². The third kappa shape index (κ3) is 2.67. The van der Waals surface area contributed by atoms with E-state index in [1.54, 1.807) is 7.11 Å². The first kappa shape index (κ1) is 13.1. The quantitative estimate of drug-likeness (QED) is 0.878. The Morgan fingerprint density at radius 1 is 1.30 bits per heavy atom. The summed E-state index contributed by atoms with van der Waals surface area (Å²) in [7, 11) is 1.69. The second-order valence-corrected chi connectivity index (χ2v) is 5.68. The Bertz CT molecular complexity index is 603. The van der Waals surface area contributed by atoms with Crippen LogP contribution in [0.5, 0.6) is 5.75 Å². The molecule has 3 nitrogen and oxygen atoms in total. The highest BCUT2D eigenvalue weighted by Crippen LogP contribution is 2.47. The van der Waals surface area contributed by atoms with E-state index in [0.29, 0.717) is 12.5 Å². The van der Waals surface area contributed by atoms with E-state index in [1.165, 1.54) is 12.0 Å². The molecule has 3 heteroatoms. The Hall–Kier alpha value is -1.90. The standard InChI is InChI=1S/C17H21NO2/c1-11-4-6-17(19-3)15(8-11)18-10-13-5-7-16(20-13)14-9-12(14)2/h4-8,12,14,18H,9-10H2,1-3H3. The van der Waals surface area contributed by atoms with Gasteiger partial charge in [0.2, 0.25) is 0 Å². The molecule has 0 bridgehead atoms. The maximum atomic E-state index is 5.90. The average molecular weight is 271 g/mol. The van der Waals surface area contributed by atoms with E-state index in [1.807, 2.05) is 12.1 Å². The van der Waals surface area contributed by atoms with Crippen LogP contribution in [0.3, 0.4) is 0 Å². The van der Waals surface area contributed by atoms with Gasteiger partial charge in [0, 0.05) is 5.92 Å². The predicted molar refractivity (Wildman–Crippen MR) is 80.3 cm³/mol. The van der Waals surface area contributed by atoms with E-state index in [2.05, 4.69) is 37.4 Å². The molecular formula is C17H21NO2. The molecule has 2 aromatic rings. The molecule has 1 aliphatic carbocycles. The Balaban J connectivity index is 1.67. The molecule has 106 valence electrons. The summed E-state index contributed by atoms with van der Waals surface area (Å²) in [5.41, 5.74) is 2.21. The summed E-state index contributed by atoms with van der Waals surface area (Å²) in [6.07, 6.45) is 1.26.